The molecule has 2 aromatic carbocycles. The number of carbonyl (C=O) groups excluding carboxylic acids is 2. The van der Waals surface area contributed by atoms with Crippen molar-refractivity contribution in [2.24, 2.45) is 5.92 Å². The van der Waals surface area contributed by atoms with E-state index < -0.39 is 17.4 Å². The minimum absolute atomic E-state index is 0.156. The maximum absolute atomic E-state index is 12.8. The van der Waals surface area contributed by atoms with Crippen LogP contribution in [0, 0.1) is 5.92 Å². The third-order valence-corrected chi connectivity index (χ3v) is 4.74. The monoisotopic (exact) mass is 293 g/mol. The molecular weight excluding hydrogens is 278 g/mol. The van der Waals surface area contributed by atoms with Gasteiger partial charge in [-0.05, 0) is 24.5 Å². The second-order valence-electron chi connectivity index (χ2n) is 5.88. The second kappa shape index (κ2) is 4.52. The van der Waals surface area contributed by atoms with E-state index in [0.717, 1.165) is 5.56 Å². The number of aliphatic hydroxyl groups is 1. The standard InChI is InChI=1S/C18H15NO3/c20-16-12-6-2-1-5-11(12)9-10-14(16)18(22)13-7-3-4-8-15(13)19-17(18)21/h1-8,14,22H,9-10H2,(H,19,21)/t14-,18-/m0/s1. The van der Waals surface area contributed by atoms with Gasteiger partial charge < -0.3 is 10.4 Å². The summed E-state index contributed by atoms with van der Waals surface area (Å²) in [5, 5.41) is 13.8. The zero-order chi connectivity index (χ0) is 15.3. The van der Waals surface area contributed by atoms with Crippen molar-refractivity contribution in [3.05, 3.63) is 65.2 Å². The van der Waals surface area contributed by atoms with Crippen LogP contribution in [0.2, 0.25) is 0 Å². The fourth-order valence-corrected chi connectivity index (χ4v) is 3.61. The normalized spacial score (nSPS) is 26.3. The Kier molecular flexibility index (Phi) is 2.71. The summed E-state index contributed by atoms with van der Waals surface area (Å²) in [5.41, 5.74) is 0.907. The van der Waals surface area contributed by atoms with Crippen molar-refractivity contribution in [2.45, 2.75) is 18.4 Å². The summed E-state index contributed by atoms with van der Waals surface area (Å²) in [5.74, 6) is -1.41. The molecule has 1 heterocycles. The summed E-state index contributed by atoms with van der Waals surface area (Å²) >= 11 is 0. The Balaban J connectivity index is 1.83. The van der Waals surface area contributed by atoms with Crippen molar-refractivity contribution in [2.75, 3.05) is 5.32 Å². The number of fused-ring (bicyclic) bond motifs is 2. The van der Waals surface area contributed by atoms with Crippen molar-refractivity contribution >= 4 is 17.4 Å². The number of amides is 1. The van der Waals surface area contributed by atoms with Crippen molar-refractivity contribution in [1.29, 1.82) is 0 Å². The maximum Gasteiger partial charge on any atom is 0.261 e. The van der Waals surface area contributed by atoms with Crippen molar-refractivity contribution in [1.82, 2.24) is 0 Å². The Morgan fingerprint density at radius 2 is 1.77 bits per heavy atom. The van der Waals surface area contributed by atoms with E-state index in [0.29, 0.717) is 29.7 Å². The molecule has 4 heteroatoms. The Hall–Kier alpha value is -2.46. The number of hydrogen-bond donors (Lipinski definition) is 2. The maximum atomic E-state index is 12.8. The van der Waals surface area contributed by atoms with Gasteiger partial charge in [-0.25, -0.2) is 0 Å². The summed E-state index contributed by atoms with van der Waals surface area (Å²) < 4.78 is 0. The number of anilines is 1. The SMILES string of the molecule is O=C1c2ccccc2CC[C@@H]1[C@]1(O)C(=O)Nc2ccccc21. The summed E-state index contributed by atoms with van der Waals surface area (Å²) in [7, 11) is 0. The van der Waals surface area contributed by atoms with Crippen LogP contribution in [0.15, 0.2) is 48.5 Å². The number of hydrogen-bond acceptors (Lipinski definition) is 3. The first-order valence-corrected chi connectivity index (χ1v) is 7.38. The Morgan fingerprint density at radius 3 is 2.64 bits per heavy atom. The van der Waals surface area contributed by atoms with Gasteiger partial charge in [-0.15, -0.1) is 0 Å². The van der Waals surface area contributed by atoms with Crippen LogP contribution in [-0.4, -0.2) is 16.8 Å². The molecule has 2 atom stereocenters. The highest BCUT2D eigenvalue weighted by Gasteiger charge is 2.54. The summed E-state index contributed by atoms with van der Waals surface area (Å²) in [6, 6.07) is 14.4. The van der Waals surface area contributed by atoms with E-state index in [9.17, 15) is 14.7 Å². The lowest BCUT2D eigenvalue weighted by molar-refractivity contribution is -0.138. The molecule has 110 valence electrons. The zero-order valence-electron chi connectivity index (χ0n) is 11.9. The fourth-order valence-electron chi connectivity index (χ4n) is 3.61. The summed E-state index contributed by atoms with van der Waals surface area (Å²) in [6.45, 7) is 0. The number of ketones is 1. The lowest BCUT2D eigenvalue weighted by Crippen LogP contribution is -2.47. The first kappa shape index (κ1) is 13.2. The number of benzene rings is 2. The van der Waals surface area contributed by atoms with Crippen LogP contribution in [-0.2, 0) is 16.8 Å². The van der Waals surface area contributed by atoms with Crippen LogP contribution in [0.25, 0.3) is 0 Å². The molecule has 22 heavy (non-hydrogen) atoms. The van der Waals surface area contributed by atoms with Gasteiger partial charge in [0.15, 0.2) is 11.4 Å². The third-order valence-electron chi connectivity index (χ3n) is 4.74. The highest BCUT2D eigenvalue weighted by molar-refractivity contribution is 6.11. The highest BCUT2D eigenvalue weighted by atomic mass is 16.3. The summed E-state index contributed by atoms with van der Waals surface area (Å²) in [4.78, 5) is 25.2. The van der Waals surface area contributed by atoms with Gasteiger partial charge in [-0.1, -0.05) is 42.5 Å². The smallest absolute Gasteiger partial charge is 0.261 e. The quantitative estimate of drug-likeness (QED) is 0.847. The number of carbonyl (C=O) groups is 2. The number of aryl methyl sites for hydroxylation is 1. The molecule has 1 amide bonds. The molecule has 0 saturated carbocycles. The Bertz CT molecular complexity index is 798. The van der Waals surface area contributed by atoms with E-state index in [4.69, 9.17) is 0 Å². The van der Waals surface area contributed by atoms with Crippen LogP contribution >= 0.6 is 0 Å². The molecule has 4 nitrogen and oxygen atoms in total. The van der Waals surface area contributed by atoms with Gasteiger partial charge in [-0.2, -0.15) is 0 Å². The molecule has 0 spiro atoms. The lowest BCUT2D eigenvalue weighted by Gasteiger charge is -2.33. The van der Waals surface area contributed by atoms with Crippen LogP contribution in [0.4, 0.5) is 5.69 Å². The molecule has 0 unspecified atom stereocenters. The molecule has 0 fully saturated rings. The minimum Gasteiger partial charge on any atom is -0.375 e. The van der Waals surface area contributed by atoms with E-state index in [1.54, 1.807) is 30.3 Å². The van der Waals surface area contributed by atoms with Crippen LogP contribution < -0.4 is 5.32 Å². The number of rotatable bonds is 1. The fraction of sp³-hybridized carbons (Fsp3) is 0.222. The molecule has 0 radical (unpaired) electrons. The van der Waals surface area contributed by atoms with E-state index in [-0.39, 0.29) is 5.78 Å². The topological polar surface area (TPSA) is 66.4 Å². The number of nitrogens with one attached hydrogen (secondary N) is 1. The van der Waals surface area contributed by atoms with Gasteiger partial charge in [0.1, 0.15) is 0 Å². The first-order chi connectivity index (χ1) is 10.6. The molecule has 2 aromatic rings. The Labute approximate surface area is 127 Å². The predicted molar refractivity (Wildman–Crippen MR) is 81.6 cm³/mol. The molecular formula is C18H15NO3. The van der Waals surface area contributed by atoms with Gasteiger partial charge >= 0.3 is 0 Å². The van der Waals surface area contributed by atoms with Gasteiger partial charge in [0.05, 0.1) is 5.92 Å². The number of Topliss-reactive ketones (excluding diaryl/α,β-unsaturated/α-hetero) is 1. The molecule has 0 aromatic heterocycles. The Morgan fingerprint density at radius 1 is 1.05 bits per heavy atom. The van der Waals surface area contributed by atoms with Crippen molar-refractivity contribution in [3.8, 4) is 0 Å². The molecule has 2 aliphatic rings. The van der Waals surface area contributed by atoms with Crippen LogP contribution in [0.3, 0.4) is 0 Å². The molecule has 1 aliphatic heterocycles. The van der Waals surface area contributed by atoms with E-state index in [1.807, 2.05) is 18.2 Å². The van der Waals surface area contributed by atoms with Crippen molar-refractivity contribution < 1.29 is 14.7 Å². The zero-order valence-corrected chi connectivity index (χ0v) is 11.9. The van der Waals surface area contributed by atoms with Crippen molar-refractivity contribution in [3.63, 3.8) is 0 Å². The largest absolute Gasteiger partial charge is 0.375 e. The molecule has 1 aliphatic carbocycles. The average molecular weight is 293 g/mol. The molecule has 2 N–H and O–H groups in total. The van der Waals surface area contributed by atoms with E-state index in [1.165, 1.54) is 0 Å². The lowest BCUT2D eigenvalue weighted by atomic mass is 9.71. The van der Waals surface area contributed by atoms with Crippen LogP contribution in [0.5, 0.6) is 0 Å². The predicted octanol–water partition coefficient (Wildman–Crippen LogP) is 2.27. The third kappa shape index (κ3) is 1.61. The van der Waals surface area contributed by atoms with Gasteiger partial charge in [-0.3, -0.25) is 9.59 Å². The van der Waals surface area contributed by atoms with Gasteiger partial charge in [0.2, 0.25) is 0 Å². The van der Waals surface area contributed by atoms with Crippen LogP contribution in [0.1, 0.15) is 27.9 Å². The van der Waals surface area contributed by atoms with E-state index in [2.05, 4.69) is 5.32 Å². The van der Waals surface area contributed by atoms with Gasteiger partial charge in [0, 0.05) is 16.8 Å². The second-order valence-corrected chi connectivity index (χ2v) is 5.88. The van der Waals surface area contributed by atoms with Gasteiger partial charge in [0.25, 0.3) is 5.91 Å². The summed E-state index contributed by atoms with van der Waals surface area (Å²) in [6.07, 6.45) is 1.15. The highest BCUT2D eigenvalue weighted by Crippen LogP contribution is 2.45. The average Bonchev–Trinajstić information content (AvgIpc) is 2.80. The number of para-hydroxylation sites is 1. The molecule has 0 saturated heterocycles. The first-order valence-electron chi connectivity index (χ1n) is 7.38. The van der Waals surface area contributed by atoms with E-state index >= 15 is 0 Å². The molecule has 4 rings (SSSR count). The minimum atomic E-state index is -1.78. The molecule has 0 bridgehead atoms.